The van der Waals surface area contributed by atoms with Gasteiger partial charge in [-0.05, 0) is 111 Å². The van der Waals surface area contributed by atoms with E-state index in [0.29, 0.717) is 30.1 Å². The largest absolute Gasteiger partial charge is 0.465 e. The first-order chi connectivity index (χ1) is 19.5. The van der Waals surface area contributed by atoms with Gasteiger partial charge in [0.2, 0.25) is 5.91 Å². The molecular weight excluding hydrogens is 590 g/mol. The molecule has 0 radical (unpaired) electrons. The first kappa shape index (κ1) is 33.6. The van der Waals surface area contributed by atoms with Crippen LogP contribution in [0, 0.1) is 46.3 Å². The number of amides is 1. The molecular formula is C28H47NO11S2. The summed E-state index contributed by atoms with van der Waals surface area (Å²) in [5, 5.41) is 2.65. The predicted octanol–water partition coefficient (Wildman–Crippen LogP) is 3.73. The molecule has 0 unspecified atom stereocenters. The molecule has 0 aromatic heterocycles. The molecule has 3 N–H and O–H groups in total. The first-order valence-electron chi connectivity index (χ1n) is 15.2. The van der Waals surface area contributed by atoms with Crippen molar-refractivity contribution in [3.63, 3.8) is 0 Å². The fraction of sp³-hybridized carbons (Fsp3) is 0.929. The Balaban J connectivity index is 1.44. The molecule has 0 bridgehead atoms. The molecule has 4 aliphatic carbocycles. The van der Waals surface area contributed by atoms with Gasteiger partial charge in [-0.15, -0.1) is 0 Å². The zero-order valence-electron chi connectivity index (χ0n) is 25.0. The molecule has 0 aromatic rings. The number of carbonyl (C=O) groups excluding carboxylic acids is 2. The number of esters is 1. The normalized spacial score (nSPS) is 39.0. The van der Waals surface area contributed by atoms with Crippen LogP contribution in [0.25, 0.3) is 0 Å². The van der Waals surface area contributed by atoms with Crippen molar-refractivity contribution in [2.75, 3.05) is 13.2 Å². The summed E-state index contributed by atoms with van der Waals surface area (Å²) >= 11 is 0. The van der Waals surface area contributed by atoms with E-state index in [1.165, 1.54) is 0 Å². The summed E-state index contributed by atoms with van der Waals surface area (Å²) < 4.78 is 79.7. The Labute approximate surface area is 249 Å². The summed E-state index contributed by atoms with van der Waals surface area (Å²) in [7, 11) is -9.73. The van der Waals surface area contributed by atoms with Crippen LogP contribution in [0.1, 0.15) is 91.9 Å². The van der Waals surface area contributed by atoms with Crippen LogP contribution < -0.4 is 5.32 Å². The SMILES string of the molecule is CCOC(=O)CNC(=O)CC[C@@H](C)[C@H]1CC[C@H]2[C@@H]3CC[C@H]4C[C@H](OS(=O)(=O)O)[C@@H](OS(=O)(=O)O)C[C@]4(C)[C@H]3CC[C@]12C. The van der Waals surface area contributed by atoms with Crippen molar-refractivity contribution in [2.45, 2.75) is 104 Å². The molecule has 4 rings (SSSR count). The van der Waals surface area contributed by atoms with Gasteiger partial charge in [0.1, 0.15) is 18.8 Å². The Morgan fingerprint density at radius 1 is 0.929 bits per heavy atom. The minimum Gasteiger partial charge on any atom is -0.465 e. The molecule has 0 saturated heterocycles. The van der Waals surface area contributed by atoms with Crippen molar-refractivity contribution in [3.05, 3.63) is 0 Å². The number of rotatable bonds is 11. The fourth-order valence-electron chi connectivity index (χ4n) is 9.75. The maximum atomic E-state index is 12.4. The molecule has 4 fully saturated rings. The van der Waals surface area contributed by atoms with Crippen molar-refractivity contribution >= 4 is 32.7 Å². The summed E-state index contributed by atoms with van der Waals surface area (Å²) in [5.74, 6) is 1.42. The number of ether oxygens (including phenoxy) is 1. The van der Waals surface area contributed by atoms with Crippen LogP contribution in [0.2, 0.25) is 0 Å². The quantitative estimate of drug-likeness (QED) is 0.222. The Bertz CT molecular complexity index is 1220. The second-order valence-electron chi connectivity index (χ2n) is 13.5. The highest BCUT2D eigenvalue weighted by atomic mass is 32.3. The van der Waals surface area contributed by atoms with Crippen LogP contribution in [0.3, 0.4) is 0 Å². The van der Waals surface area contributed by atoms with Crippen molar-refractivity contribution < 1.29 is 48.6 Å². The van der Waals surface area contributed by atoms with Gasteiger partial charge in [-0.1, -0.05) is 20.8 Å². The molecule has 0 aromatic carbocycles. The van der Waals surface area contributed by atoms with Crippen LogP contribution in [0.4, 0.5) is 0 Å². The second-order valence-corrected chi connectivity index (χ2v) is 15.6. The highest BCUT2D eigenvalue weighted by molar-refractivity contribution is 7.81. The molecule has 12 nitrogen and oxygen atoms in total. The summed E-state index contributed by atoms with van der Waals surface area (Å²) in [6.07, 6.45) is 4.96. The third-order valence-electron chi connectivity index (χ3n) is 11.5. The predicted molar refractivity (Wildman–Crippen MR) is 151 cm³/mol. The third kappa shape index (κ3) is 7.31. The zero-order valence-corrected chi connectivity index (χ0v) is 26.6. The molecule has 0 heterocycles. The van der Waals surface area contributed by atoms with Crippen molar-refractivity contribution in [1.82, 2.24) is 5.32 Å². The van der Waals surface area contributed by atoms with Crippen LogP contribution >= 0.6 is 0 Å². The highest BCUT2D eigenvalue weighted by Crippen LogP contribution is 2.68. The van der Waals surface area contributed by atoms with Gasteiger partial charge in [0.15, 0.2) is 0 Å². The number of hydrogen-bond donors (Lipinski definition) is 3. The van der Waals surface area contributed by atoms with Gasteiger partial charge in [-0.25, -0.2) is 8.37 Å². The van der Waals surface area contributed by atoms with E-state index in [1.54, 1.807) is 6.92 Å². The number of hydrogen-bond acceptors (Lipinski definition) is 9. The summed E-state index contributed by atoms with van der Waals surface area (Å²) in [6, 6.07) is 0. The minimum absolute atomic E-state index is 0.0559. The lowest BCUT2D eigenvalue weighted by atomic mass is 9.44. The Hall–Kier alpha value is -1.32. The topological polar surface area (TPSA) is 183 Å². The van der Waals surface area contributed by atoms with Gasteiger partial charge in [-0.2, -0.15) is 16.8 Å². The van der Waals surface area contributed by atoms with E-state index >= 15 is 0 Å². The van der Waals surface area contributed by atoms with Gasteiger partial charge >= 0.3 is 26.8 Å². The lowest BCUT2D eigenvalue weighted by molar-refractivity contribution is -0.152. The second kappa shape index (κ2) is 12.6. The molecule has 4 saturated carbocycles. The van der Waals surface area contributed by atoms with E-state index < -0.39 is 39.0 Å². The van der Waals surface area contributed by atoms with Crippen LogP contribution in [0.15, 0.2) is 0 Å². The van der Waals surface area contributed by atoms with Gasteiger partial charge in [0.25, 0.3) is 0 Å². The van der Waals surface area contributed by atoms with Crippen LogP contribution in [0.5, 0.6) is 0 Å². The zero-order chi connectivity index (χ0) is 31.1. The number of fused-ring (bicyclic) bond motifs is 5. The Kier molecular flexibility index (Phi) is 10.1. The monoisotopic (exact) mass is 637 g/mol. The highest BCUT2D eigenvalue weighted by Gasteiger charge is 2.62. The smallest absolute Gasteiger partial charge is 0.397 e. The maximum absolute atomic E-state index is 12.4. The van der Waals surface area contributed by atoms with E-state index in [1.807, 2.05) is 0 Å². The van der Waals surface area contributed by atoms with E-state index in [0.717, 1.165) is 44.9 Å². The fourth-order valence-corrected chi connectivity index (χ4v) is 10.8. The summed E-state index contributed by atoms with van der Waals surface area (Å²) in [6.45, 7) is 8.61. The lowest BCUT2D eigenvalue weighted by Gasteiger charge is -2.62. The van der Waals surface area contributed by atoms with Gasteiger partial charge < -0.3 is 10.1 Å². The first-order valence-corrected chi connectivity index (χ1v) is 17.9. The van der Waals surface area contributed by atoms with E-state index in [9.17, 15) is 35.5 Å². The van der Waals surface area contributed by atoms with Crippen molar-refractivity contribution in [3.8, 4) is 0 Å². The maximum Gasteiger partial charge on any atom is 0.397 e. The van der Waals surface area contributed by atoms with Gasteiger partial charge in [0.05, 0.1) is 6.61 Å². The molecule has 10 atom stereocenters. The van der Waals surface area contributed by atoms with Crippen molar-refractivity contribution in [1.29, 1.82) is 0 Å². The third-order valence-corrected chi connectivity index (χ3v) is 12.4. The summed E-state index contributed by atoms with van der Waals surface area (Å²) in [4.78, 5) is 23.9. The van der Waals surface area contributed by atoms with Crippen molar-refractivity contribution in [2.24, 2.45) is 46.3 Å². The number of nitrogens with one attached hydrogen (secondary N) is 1. The molecule has 0 spiro atoms. The van der Waals surface area contributed by atoms with E-state index in [2.05, 4.69) is 26.1 Å². The van der Waals surface area contributed by atoms with Gasteiger partial charge in [-0.3, -0.25) is 18.7 Å². The Morgan fingerprint density at radius 3 is 2.21 bits per heavy atom. The Morgan fingerprint density at radius 2 is 1.57 bits per heavy atom. The number of carbonyl (C=O) groups is 2. The molecule has 14 heteroatoms. The molecule has 0 aliphatic heterocycles. The molecule has 242 valence electrons. The standard InChI is InChI=1S/C28H47NO11S2/c1-5-38-26(31)16-29-25(30)11-6-17(2)20-9-10-21-19-8-7-18-14-23(39-41(32,33)34)24(40-42(35,36)37)15-28(18,4)22(19)12-13-27(20,21)3/h17-24H,5-16H2,1-4H3,(H,29,30)(H,32,33,34)(H,35,36,37)/t17-,18+,19+,20-,21+,22+,23+,24+,27-,28+/m1/s1. The van der Waals surface area contributed by atoms with E-state index in [4.69, 9.17) is 13.1 Å². The molecule has 4 aliphatic rings. The average Bonchev–Trinajstić information content (AvgIpc) is 3.22. The lowest BCUT2D eigenvalue weighted by Crippen LogP contribution is -2.57. The summed E-state index contributed by atoms with van der Waals surface area (Å²) in [5.41, 5.74) is -0.236. The molecule has 42 heavy (non-hydrogen) atoms. The average molecular weight is 638 g/mol. The van der Waals surface area contributed by atoms with Crippen LogP contribution in [-0.2, 0) is 43.5 Å². The van der Waals surface area contributed by atoms with Gasteiger partial charge in [0, 0.05) is 6.42 Å². The minimum atomic E-state index is -4.88. The van der Waals surface area contributed by atoms with Crippen LogP contribution in [-0.4, -0.2) is 63.2 Å². The van der Waals surface area contributed by atoms with E-state index in [-0.39, 0.29) is 54.6 Å². The molecule has 1 amide bonds.